The zero-order chi connectivity index (χ0) is 16.5. The fourth-order valence-electron chi connectivity index (χ4n) is 2.41. The van der Waals surface area contributed by atoms with Crippen molar-refractivity contribution in [1.29, 1.82) is 0 Å². The molecule has 0 aromatic heterocycles. The molecule has 0 saturated carbocycles. The number of nitro benzene ring substituents is 1. The molecular formula is C12H13FN2O6S. The molecule has 0 spiro atoms. The molecule has 0 N–H and O–H groups in total. The molecule has 1 fully saturated rings. The summed E-state index contributed by atoms with van der Waals surface area (Å²) in [7, 11) is -3.37. The van der Waals surface area contributed by atoms with E-state index in [9.17, 15) is 27.2 Å². The number of rotatable bonds is 5. The first-order valence-corrected chi connectivity index (χ1v) is 7.81. The number of hydrogen-bond donors (Lipinski definition) is 0. The van der Waals surface area contributed by atoms with Crippen LogP contribution in [0.2, 0.25) is 0 Å². The van der Waals surface area contributed by atoms with E-state index in [0.717, 1.165) is 0 Å². The average molecular weight is 332 g/mol. The van der Waals surface area contributed by atoms with Crippen molar-refractivity contribution in [3.63, 3.8) is 0 Å². The molecule has 1 amide bonds. The third-order valence-corrected chi connectivity index (χ3v) is 4.17. The highest BCUT2D eigenvalue weighted by Gasteiger charge is 2.35. The van der Waals surface area contributed by atoms with E-state index in [0.29, 0.717) is 0 Å². The third-order valence-electron chi connectivity index (χ3n) is 3.30. The molecule has 22 heavy (non-hydrogen) atoms. The van der Waals surface area contributed by atoms with E-state index in [1.54, 1.807) is 0 Å². The lowest BCUT2D eigenvalue weighted by atomic mass is 10.1. The molecule has 10 heteroatoms. The van der Waals surface area contributed by atoms with Gasteiger partial charge in [0.1, 0.15) is 5.75 Å². The number of amides is 1. The van der Waals surface area contributed by atoms with E-state index in [1.165, 1.54) is 30.2 Å². The molecule has 1 saturated heterocycles. The zero-order valence-electron chi connectivity index (χ0n) is 11.6. The van der Waals surface area contributed by atoms with E-state index in [-0.39, 0.29) is 36.0 Å². The predicted octanol–water partition coefficient (Wildman–Crippen LogP) is 1.26. The van der Waals surface area contributed by atoms with Gasteiger partial charge in [0.05, 0.1) is 29.5 Å². The lowest BCUT2D eigenvalue weighted by Crippen LogP contribution is -2.25. The molecular weight excluding hydrogens is 319 g/mol. The monoisotopic (exact) mass is 332 g/mol. The van der Waals surface area contributed by atoms with Gasteiger partial charge in [0.25, 0.3) is 5.69 Å². The minimum absolute atomic E-state index is 0.0101. The first kappa shape index (κ1) is 16.1. The van der Waals surface area contributed by atoms with Gasteiger partial charge in [-0.3, -0.25) is 14.9 Å². The number of carbonyl (C=O) groups is 1. The minimum Gasteiger partial charge on any atom is -0.494 e. The number of ether oxygens (including phenoxy) is 1. The number of non-ortho nitro benzene ring substituents is 1. The molecule has 1 aliphatic heterocycles. The van der Waals surface area contributed by atoms with E-state index in [2.05, 4.69) is 0 Å². The van der Waals surface area contributed by atoms with Crippen molar-refractivity contribution in [2.75, 3.05) is 24.3 Å². The van der Waals surface area contributed by atoms with Gasteiger partial charge in [-0.15, -0.1) is 3.89 Å². The van der Waals surface area contributed by atoms with Gasteiger partial charge in [0.2, 0.25) is 5.91 Å². The molecule has 1 aromatic rings. The molecule has 1 aliphatic rings. The lowest BCUT2D eigenvalue weighted by Gasteiger charge is -2.19. The quantitative estimate of drug-likeness (QED) is 0.456. The second-order valence-electron chi connectivity index (χ2n) is 4.89. The Balaban J connectivity index is 2.28. The summed E-state index contributed by atoms with van der Waals surface area (Å²) >= 11 is 0. The van der Waals surface area contributed by atoms with Crippen molar-refractivity contribution in [3.8, 4) is 5.75 Å². The Labute approximate surface area is 125 Å². The van der Waals surface area contributed by atoms with Gasteiger partial charge >= 0.3 is 10.2 Å². The van der Waals surface area contributed by atoms with Crippen molar-refractivity contribution in [3.05, 3.63) is 28.3 Å². The van der Waals surface area contributed by atoms with Gasteiger partial charge in [-0.2, -0.15) is 8.42 Å². The largest absolute Gasteiger partial charge is 0.494 e. The van der Waals surface area contributed by atoms with Crippen LogP contribution >= 0.6 is 0 Å². The highest BCUT2D eigenvalue weighted by Crippen LogP contribution is 2.35. The number of hydrogen-bond acceptors (Lipinski definition) is 6. The van der Waals surface area contributed by atoms with Crippen LogP contribution in [0.3, 0.4) is 0 Å². The molecule has 1 heterocycles. The molecule has 1 aromatic carbocycles. The molecule has 120 valence electrons. The van der Waals surface area contributed by atoms with E-state index >= 15 is 0 Å². The highest BCUT2D eigenvalue weighted by molar-refractivity contribution is 7.86. The molecule has 1 unspecified atom stereocenters. The fraction of sp³-hybridized carbons (Fsp3) is 0.417. The van der Waals surface area contributed by atoms with Crippen molar-refractivity contribution in [1.82, 2.24) is 0 Å². The average Bonchev–Trinajstić information content (AvgIpc) is 2.76. The van der Waals surface area contributed by atoms with Gasteiger partial charge in [-0.25, -0.2) is 0 Å². The number of halogens is 1. The van der Waals surface area contributed by atoms with Gasteiger partial charge in [0.15, 0.2) is 0 Å². The lowest BCUT2D eigenvalue weighted by molar-refractivity contribution is -0.384. The first-order chi connectivity index (χ1) is 10.2. The topological polar surface area (TPSA) is 107 Å². The standard InChI is InChI=1S/C12H13FN2O6S/c1-21-11-5-9(15(17)18)2-3-10(11)14-6-8(4-12(14)16)7-22(13,19)20/h2-3,5,8H,4,6-7H2,1H3. The number of benzene rings is 1. The van der Waals surface area contributed by atoms with Gasteiger partial charge in [-0.1, -0.05) is 0 Å². The maximum absolute atomic E-state index is 12.7. The summed E-state index contributed by atoms with van der Waals surface area (Å²) < 4.78 is 39.1. The number of anilines is 1. The van der Waals surface area contributed by atoms with Crippen LogP contribution in [0.25, 0.3) is 0 Å². The maximum Gasteiger partial charge on any atom is 0.302 e. The predicted molar refractivity (Wildman–Crippen MR) is 75.0 cm³/mol. The molecule has 0 bridgehead atoms. The number of nitro groups is 1. The van der Waals surface area contributed by atoms with Gasteiger partial charge in [-0.05, 0) is 6.07 Å². The molecule has 1 atom stereocenters. The Kier molecular flexibility index (Phi) is 4.31. The first-order valence-electron chi connectivity index (χ1n) is 6.26. The molecule has 0 aliphatic carbocycles. The van der Waals surface area contributed by atoms with E-state index < -0.39 is 26.8 Å². The summed E-state index contributed by atoms with van der Waals surface area (Å²) in [5, 5.41) is 10.7. The summed E-state index contributed by atoms with van der Waals surface area (Å²) in [6.07, 6.45) is -0.108. The Morgan fingerprint density at radius 3 is 2.73 bits per heavy atom. The van der Waals surface area contributed by atoms with Crippen LogP contribution in [0.15, 0.2) is 18.2 Å². The number of carbonyl (C=O) groups excluding carboxylic acids is 1. The Morgan fingerprint density at radius 1 is 1.50 bits per heavy atom. The fourth-order valence-corrected chi connectivity index (χ4v) is 3.20. The second kappa shape index (κ2) is 5.87. The summed E-state index contributed by atoms with van der Waals surface area (Å²) in [6.45, 7) is 0.0101. The maximum atomic E-state index is 12.7. The summed E-state index contributed by atoms with van der Waals surface area (Å²) in [4.78, 5) is 23.4. The Bertz CT molecular complexity index is 720. The SMILES string of the molecule is COc1cc([N+](=O)[O-])ccc1N1CC(CS(=O)(=O)F)CC1=O. The summed E-state index contributed by atoms with van der Waals surface area (Å²) in [5.74, 6) is -1.67. The van der Waals surface area contributed by atoms with Crippen LogP contribution < -0.4 is 9.64 Å². The molecule has 0 radical (unpaired) electrons. The second-order valence-corrected chi connectivity index (χ2v) is 6.30. The normalized spacial score (nSPS) is 18.5. The van der Waals surface area contributed by atoms with Crippen molar-refractivity contribution >= 4 is 27.5 Å². The smallest absolute Gasteiger partial charge is 0.302 e. The molecule has 2 rings (SSSR count). The summed E-state index contributed by atoms with van der Waals surface area (Å²) in [5.41, 5.74) is 0.0898. The highest BCUT2D eigenvalue weighted by atomic mass is 32.3. The van der Waals surface area contributed by atoms with Crippen LogP contribution in [-0.2, 0) is 15.0 Å². The van der Waals surface area contributed by atoms with Gasteiger partial charge < -0.3 is 9.64 Å². The van der Waals surface area contributed by atoms with Crippen LogP contribution in [0.1, 0.15) is 6.42 Å². The third kappa shape index (κ3) is 3.50. The summed E-state index contributed by atoms with van der Waals surface area (Å²) in [6, 6.07) is 3.73. The van der Waals surface area contributed by atoms with Crippen molar-refractivity contribution in [2.45, 2.75) is 6.42 Å². The Hall–Kier alpha value is -2.23. The Morgan fingerprint density at radius 2 is 2.18 bits per heavy atom. The van der Waals surface area contributed by atoms with E-state index in [1.807, 2.05) is 0 Å². The zero-order valence-corrected chi connectivity index (χ0v) is 12.4. The van der Waals surface area contributed by atoms with Crippen LogP contribution in [0.5, 0.6) is 5.75 Å². The van der Waals surface area contributed by atoms with Crippen molar-refractivity contribution < 1.29 is 26.8 Å². The minimum atomic E-state index is -4.67. The van der Waals surface area contributed by atoms with Crippen molar-refractivity contribution in [2.24, 2.45) is 5.92 Å². The van der Waals surface area contributed by atoms with Gasteiger partial charge in [0, 0.05) is 24.9 Å². The molecule has 8 nitrogen and oxygen atoms in total. The van der Waals surface area contributed by atoms with Crippen LogP contribution in [0, 0.1) is 16.0 Å². The number of methoxy groups -OCH3 is 1. The van der Waals surface area contributed by atoms with Crippen LogP contribution in [-0.4, -0.2) is 38.7 Å². The van der Waals surface area contributed by atoms with Crippen LogP contribution in [0.4, 0.5) is 15.3 Å². The number of nitrogens with zero attached hydrogens (tertiary/aromatic N) is 2. The van der Waals surface area contributed by atoms with E-state index in [4.69, 9.17) is 4.74 Å².